The molecule has 0 saturated carbocycles. The fraction of sp³-hybridized carbons (Fsp3) is 0.533. The zero-order valence-corrected chi connectivity index (χ0v) is 11.8. The second kappa shape index (κ2) is 5.67. The topological polar surface area (TPSA) is 40.5 Å². The van der Waals surface area contributed by atoms with Crippen molar-refractivity contribution in [2.75, 3.05) is 13.1 Å². The average molecular weight is 301 g/mol. The lowest BCUT2D eigenvalue weighted by Crippen LogP contribution is -2.63. The molecule has 1 aliphatic rings. The zero-order valence-electron chi connectivity index (χ0n) is 11.8. The van der Waals surface area contributed by atoms with Gasteiger partial charge in [-0.15, -0.1) is 0 Å². The third-order valence-electron chi connectivity index (χ3n) is 3.68. The number of rotatable bonds is 4. The van der Waals surface area contributed by atoms with Gasteiger partial charge in [-0.3, -0.25) is 4.79 Å². The van der Waals surface area contributed by atoms with Gasteiger partial charge in [0.2, 0.25) is 5.91 Å². The maximum atomic E-state index is 12.4. The Morgan fingerprint density at radius 1 is 1.29 bits per heavy atom. The van der Waals surface area contributed by atoms with Crippen LogP contribution in [0.15, 0.2) is 24.3 Å². The van der Waals surface area contributed by atoms with Crippen LogP contribution in [-0.4, -0.2) is 34.6 Å². The molecule has 1 aromatic rings. The minimum Gasteiger partial charge on any atom is -0.386 e. The molecule has 0 bridgehead atoms. The number of carbonyl (C=O) groups excluding carboxylic acids is 1. The van der Waals surface area contributed by atoms with Gasteiger partial charge in [-0.2, -0.15) is 13.2 Å². The van der Waals surface area contributed by atoms with Gasteiger partial charge in [0.25, 0.3) is 0 Å². The summed E-state index contributed by atoms with van der Waals surface area (Å²) in [5.41, 5.74) is -0.969. The summed E-state index contributed by atoms with van der Waals surface area (Å²) in [6.07, 6.45) is -2.81. The molecule has 1 aliphatic heterocycles. The Labute approximate surface area is 121 Å². The molecule has 3 nitrogen and oxygen atoms in total. The third kappa shape index (κ3) is 3.75. The van der Waals surface area contributed by atoms with Gasteiger partial charge in [0, 0.05) is 0 Å². The second-order valence-electron chi connectivity index (χ2n) is 5.60. The van der Waals surface area contributed by atoms with Gasteiger partial charge >= 0.3 is 6.18 Å². The van der Waals surface area contributed by atoms with Gasteiger partial charge in [0.15, 0.2) is 0 Å². The Balaban J connectivity index is 1.90. The zero-order chi connectivity index (χ0) is 15.7. The molecule has 0 atom stereocenters. The van der Waals surface area contributed by atoms with Gasteiger partial charge < -0.3 is 10.0 Å². The van der Waals surface area contributed by atoms with Crippen LogP contribution in [0.3, 0.4) is 0 Å². The standard InChI is InChI=1S/C15H18F3NO2/c1-2-7-14(21)9-19(10-14)13(20)8-11-3-5-12(6-4-11)15(16,17)18/h3-6,21H,2,7-10H2,1H3. The molecule has 0 unspecified atom stereocenters. The number of halogens is 3. The van der Waals surface area contributed by atoms with Crippen molar-refractivity contribution in [3.63, 3.8) is 0 Å². The first-order chi connectivity index (χ1) is 9.73. The highest BCUT2D eigenvalue weighted by molar-refractivity contribution is 5.79. The van der Waals surface area contributed by atoms with E-state index in [0.29, 0.717) is 25.1 Å². The van der Waals surface area contributed by atoms with E-state index in [4.69, 9.17) is 0 Å². The molecule has 116 valence electrons. The Morgan fingerprint density at radius 2 is 1.86 bits per heavy atom. The predicted molar refractivity (Wildman–Crippen MR) is 71.6 cm³/mol. The summed E-state index contributed by atoms with van der Waals surface area (Å²) in [4.78, 5) is 13.5. The highest BCUT2D eigenvalue weighted by atomic mass is 19.4. The van der Waals surface area contributed by atoms with Crippen LogP contribution in [0.1, 0.15) is 30.9 Å². The molecular formula is C15H18F3NO2. The van der Waals surface area contributed by atoms with Gasteiger partial charge in [-0.1, -0.05) is 25.5 Å². The molecule has 1 fully saturated rings. The summed E-state index contributed by atoms with van der Waals surface area (Å²) in [5, 5.41) is 10.0. The van der Waals surface area contributed by atoms with Crippen molar-refractivity contribution in [2.45, 2.75) is 38.0 Å². The van der Waals surface area contributed by atoms with Crippen molar-refractivity contribution < 1.29 is 23.1 Å². The van der Waals surface area contributed by atoms with Crippen molar-refractivity contribution in [3.8, 4) is 0 Å². The van der Waals surface area contributed by atoms with Crippen LogP contribution in [0.25, 0.3) is 0 Å². The van der Waals surface area contributed by atoms with Gasteiger partial charge in [-0.25, -0.2) is 0 Å². The average Bonchev–Trinajstić information content (AvgIpc) is 2.35. The molecule has 1 heterocycles. The number of amides is 1. The van der Waals surface area contributed by atoms with E-state index in [1.807, 2.05) is 6.92 Å². The first kappa shape index (κ1) is 15.8. The lowest BCUT2D eigenvalue weighted by Gasteiger charge is -2.46. The minimum absolute atomic E-state index is 0.0559. The third-order valence-corrected chi connectivity index (χ3v) is 3.68. The van der Waals surface area contributed by atoms with Gasteiger partial charge in [-0.05, 0) is 24.1 Å². The number of hydrogen-bond donors (Lipinski definition) is 1. The van der Waals surface area contributed by atoms with Crippen LogP contribution in [0.5, 0.6) is 0 Å². The summed E-state index contributed by atoms with van der Waals surface area (Å²) in [6.45, 7) is 2.57. The Kier molecular flexibility index (Phi) is 4.27. The summed E-state index contributed by atoms with van der Waals surface area (Å²) in [6, 6.07) is 4.59. The second-order valence-corrected chi connectivity index (χ2v) is 5.60. The Bertz CT molecular complexity index is 505. The Morgan fingerprint density at radius 3 is 2.33 bits per heavy atom. The SMILES string of the molecule is CCCC1(O)CN(C(=O)Cc2ccc(C(F)(F)F)cc2)C1. The molecule has 1 saturated heterocycles. The molecular weight excluding hydrogens is 283 g/mol. The Hall–Kier alpha value is -1.56. The molecule has 21 heavy (non-hydrogen) atoms. The van der Waals surface area contributed by atoms with Crippen molar-refractivity contribution in [3.05, 3.63) is 35.4 Å². The first-order valence-electron chi connectivity index (χ1n) is 6.90. The maximum Gasteiger partial charge on any atom is 0.416 e. The molecule has 1 aromatic carbocycles. The van der Waals surface area contributed by atoms with Crippen LogP contribution in [0.4, 0.5) is 13.2 Å². The van der Waals surface area contributed by atoms with Crippen molar-refractivity contribution in [2.24, 2.45) is 0 Å². The normalized spacial score (nSPS) is 17.5. The van der Waals surface area contributed by atoms with Crippen LogP contribution in [-0.2, 0) is 17.4 Å². The largest absolute Gasteiger partial charge is 0.416 e. The van der Waals surface area contributed by atoms with Gasteiger partial charge in [0.05, 0.1) is 30.7 Å². The van der Waals surface area contributed by atoms with E-state index in [-0.39, 0.29) is 12.3 Å². The monoisotopic (exact) mass is 301 g/mol. The van der Waals surface area contributed by atoms with E-state index >= 15 is 0 Å². The van der Waals surface area contributed by atoms with E-state index in [0.717, 1.165) is 18.6 Å². The van der Waals surface area contributed by atoms with Crippen molar-refractivity contribution >= 4 is 5.91 Å². The smallest absolute Gasteiger partial charge is 0.386 e. The van der Waals surface area contributed by atoms with Crippen LogP contribution in [0.2, 0.25) is 0 Å². The molecule has 2 rings (SSSR count). The number of likely N-dealkylation sites (tertiary alicyclic amines) is 1. The molecule has 0 spiro atoms. The number of alkyl halides is 3. The van der Waals surface area contributed by atoms with E-state index in [2.05, 4.69) is 0 Å². The van der Waals surface area contributed by atoms with E-state index in [9.17, 15) is 23.1 Å². The molecule has 0 radical (unpaired) electrons. The lowest BCUT2D eigenvalue weighted by atomic mass is 9.89. The fourth-order valence-corrected chi connectivity index (χ4v) is 2.56. The fourth-order valence-electron chi connectivity index (χ4n) is 2.56. The first-order valence-corrected chi connectivity index (χ1v) is 6.90. The van der Waals surface area contributed by atoms with Gasteiger partial charge in [0.1, 0.15) is 0 Å². The highest BCUT2D eigenvalue weighted by Crippen LogP contribution is 2.30. The number of β-amino-alcohol motifs (C(OH)–C–C–N with tert-alkyl or cyclic N) is 1. The molecule has 1 amide bonds. The quantitative estimate of drug-likeness (QED) is 0.928. The number of benzene rings is 1. The van der Waals surface area contributed by atoms with Crippen molar-refractivity contribution in [1.82, 2.24) is 4.90 Å². The number of nitrogens with zero attached hydrogens (tertiary/aromatic N) is 1. The summed E-state index contributed by atoms with van der Waals surface area (Å²) >= 11 is 0. The molecule has 0 aliphatic carbocycles. The van der Waals surface area contributed by atoms with E-state index < -0.39 is 17.3 Å². The van der Waals surface area contributed by atoms with Crippen molar-refractivity contribution in [1.29, 1.82) is 0 Å². The van der Waals surface area contributed by atoms with E-state index in [1.165, 1.54) is 17.0 Å². The summed E-state index contributed by atoms with van der Waals surface area (Å²) in [7, 11) is 0. The number of carbonyl (C=O) groups is 1. The van der Waals surface area contributed by atoms with Crippen LogP contribution >= 0.6 is 0 Å². The molecule has 0 aromatic heterocycles. The predicted octanol–water partition coefficient (Wildman–Crippen LogP) is 2.62. The summed E-state index contributed by atoms with van der Waals surface area (Å²) in [5.74, 6) is -0.171. The van der Waals surface area contributed by atoms with Crippen LogP contribution < -0.4 is 0 Å². The molecule has 1 N–H and O–H groups in total. The lowest BCUT2D eigenvalue weighted by molar-refractivity contribution is -0.155. The summed E-state index contributed by atoms with van der Waals surface area (Å²) < 4.78 is 37.3. The van der Waals surface area contributed by atoms with E-state index in [1.54, 1.807) is 0 Å². The number of hydrogen-bond acceptors (Lipinski definition) is 2. The number of aliphatic hydroxyl groups is 1. The van der Waals surface area contributed by atoms with Crippen LogP contribution in [0, 0.1) is 0 Å². The highest BCUT2D eigenvalue weighted by Gasteiger charge is 2.42. The molecule has 6 heteroatoms. The maximum absolute atomic E-state index is 12.4. The minimum atomic E-state index is -4.36.